The second kappa shape index (κ2) is 7.38. The maximum Gasteiger partial charge on any atom is 0.243 e. The van der Waals surface area contributed by atoms with Crippen molar-refractivity contribution in [1.29, 1.82) is 0 Å². The first-order valence-corrected chi connectivity index (χ1v) is 7.80. The highest BCUT2D eigenvalue weighted by Crippen LogP contribution is 2.19. The van der Waals surface area contributed by atoms with Gasteiger partial charge in [-0.3, -0.25) is 10.1 Å². The van der Waals surface area contributed by atoms with Crippen LogP contribution in [0.2, 0.25) is 0 Å². The molecule has 1 amide bonds. The monoisotopic (exact) mass is 303 g/mol. The lowest BCUT2D eigenvalue weighted by Gasteiger charge is -2.19. The third-order valence-electron chi connectivity index (χ3n) is 3.84. The molecule has 0 aliphatic carbocycles. The van der Waals surface area contributed by atoms with Crippen molar-refractivity contribution in [3.05, 3.63) is 24.3 Å². The summed E-state index contributed by atoms with van der Waals surface area (Å²) in [4.78, 5) is 18.8. The van der Waals surface area contributed by atoms with Gasteiger partial charge in [0.25, 0.3) is 0 Å². The SMILES string of the molecule is CCN(CC)CCn1c(NC(=O)[C@H](C)N)nc2ccccc21. The van der Waals surface area contributed by atoms with E-state index in [9.17, 15) is 4.79 Å². The first-order valence-electron chi connectivity index (χ1n) is 7.80. The van der Waals surface area contributed by atoms with Gasteiger partial charge in [-0.1, -0.05) is 26.0 Å². The van der Waals surface area contributed by atoms with Crippen LogP contribution in [0.1, 0.15) is 20.8 Å². The van der Waals surface area contributed by atoms with E-state index < -0.39 is 6.04 Å². The molecule has 0 bridgehead atoms. The van der Waals surface area contributed by atoms with E-state index in [1.807, 2.05) is 28.8 Å². The van der Waals surface area contributed by atoms with Gasteiger partial charge >= 0.3 is 0 Å². The molecule has 120 valence electrons. The number of nitrogens with one attached hydrogen (secondary N) is 1. The van der Waals surface area contributed by atoms with E-state index in [2.05, 4.69) is 29.0 Å². The van der Waals surface area contributed by atoms with Crippen molar-refractivity contribution in [2.45, 2.75) is 33.4 Å². The molecule has 3 N–H and O–H groups in total. The van der Waals surface area contributed by atoms with Gasteiger partial charge < -0.3 is 15.2 Å². The molecular formula is C16H25N5O. The van der Waals surface area contributed by atoms with Crippen molar-refractivity contribution >= 4 is 22.9 Å². The molecule has 0 saturated carbocycles. The second-order valence-corrected chi connectivity index (χ2v) is 5.38. The highest BCUT2D eigenvalue weighted by Gasteiger charge is 2.15. The summed E-state index contributed by atoms with van der Waals surface area (Å²) in [6.45, 7) is 9.65. The van der Waals surface area contributed by atoms with Crippen LogP contribution in [-0.4, -0.2) is 46.0 Å². The number of para-hydroxylation sites is 2. The van der Waals surface area contributed by atoms with Crippen LogP contribution in [0.15, 0.2) is 24.3 Å². The molecule has 0 aliphatic rings. The summed E-state index contributed by atoms with van der Waals surface area (Å²) in [5.74, 6) is 0.343. The van der Waals surface area contributed by atoms with Gasteiger partial charge in [0.15, 0.2) is 0 Å². The Morgan fingerprint density at radius 3 is 2.68 bits per heavy atom. The lowest BCUT2D eigenvalue weighted by atomic mass is 10.3. The van der Waals surface area contributed by atoms with Crippen LogP contribution in [0.5, 0.6) is 0 Å². The number of amides is 1. The predicted molar refractivity (Wildman–Crippen MR) is 89.8 cm³/mol. The minimum Gasteiger partial charge on any atom is -0.320 e. The first-order chi connectivity index (χ1) is 10.6. The van der Waals surface area contributed by atoms with Gasteiger partial charge in [-0.15, -0.1) is 0 Å². The molecule has 1 atom stereocenters. The third-order valence-corrected chi connectivity index (χ3v) is 3.84. The second-order valence-electron chi connectivity index (χ2n) is 5.38. The summed E-state index contributed by atoms with van der Waals surface area (Å²) in [6, 6.07) is 7.34. The van der Waals surface area contributed by atoms with Crippen LogP contribution >= 0.6 is 0 Å². The van der Waals surface area contributed by atoms with Gasteiger partial charge in [0.2, 0.25) is 11.9 Å². The number of carbonyl (C=O) groups is 1. The lowest BCUT2D eigenvalue weighted by Crippen LogP contribution is -2.34. The number of anilines is 1. The minimum absolute atomic E-state index is 0.223. The molecule has 0 aliphatic heterocycles. The number of aromatic nitrogens is 2. The molecule has 1 aromatic carbocycles. The van der Waals surface area contributed by atoms with Crippen LogP contribution in [0, 0.1) is 0 Å². The number of likely N-dealkylation sites (N-methyl/N-ethyl adjacent to an activating group) is 1. The van der Waals surface area contributed by atoms with Crippen molar-refractivity contribution < 1.29 is 4.79 Å². The summed E-state index contributed by atoms with van der Waals surface area (Å²) in [5, 5.41) is 2.83. The molecule has 6 nitrogen and oxygen atoms in total. The zero-order chi connectivity index (χ0) is 16.1. The Balaban J connectivity index is 2.29. The fraction of sp³-hybridized carbons (Fsp3) is 0.500. The van der Waals surface area contributed by atoms with E-state index in [-0.39, 0.29) is 5.91 Å². The summed E-state index contributed by atoms with van der Waals surface area (Å²) in [6.07, 6.45) is 0. The van der Waals surface area contributed by atoms with E-state index in [1.54, 1.807) is 6.92 Å². The van der Waals surface area contributed by atoms with Gasteiger partial charge in [-0.2, -0.15) is 0 Å². The zero-order valence-corrected chi connectivity index (χ0v) is 13.5. The van der Waals surface area contributed by atoms with Gasteiger partial charge in [0.1, 0.15) is 0 Å². The molecule has 0 fully saturated rings. The average Bonchev–Trinajstić information content (AvgIpc) is 2.85. The number of hydrogen-bond acceptors (Lipinski definition) is 4. The van der Waals surface area contributed by atoms with Crippen LogP contribution < -0.4 is 11.1 Å². The Kier molecular flexibility index (Phi) is 5.51. The third kappa shape index (κ3) is 3.64. The predicted octanol–water partition coefficient (Wildman–Crippen LogP) is 1.66. The molecule has 0 spiro atoms. The largest absolute Gasteiger partial charge is 0.320 e. The number of nitrogens with zero attached hydrogens (tertiary/aromatic N) is 3. The number of carbonyl (C=O) groups excluding carboxylic acids is 1. The molecule has 22 heavy (non-hydrogen) atoms. The zero-order valence-electron chi connectivity index (χ0n) is 13.5. The molecular weight excluding hydrogens is 278 g/mol. The maximum atomic E-state index is 11.9. The van der Waals surface area contributed by atoms with Crippen LogP contribution in [0.3, 0.4) is 0 Å². The van der Waals surface area contributed by atoms with Crippen LogP contribution in [0.4, 0.5) is 5.95 Å². The number of fused-ring (bicyclic) bond motifs is 1. The van der Waals surface area contributed by atoms with Gasteiger partial charge in [-0.05, 0) is 32.1 Å². The van der Waals surface area contributed by atoms with Gasteiger partial charge in [0.05, 0.1) is 17.1 Å². The van der Waals surface area contributed by atoms with E-state index >= 15 is 0 Å². The molecule has 2 aromatic rings. The Morgan fingerprint density at radius 1 is 1.36 bits per heavy atom. The van der Waals surface area contributed by atoms with Crippen molar-refractivity contribution in [1.82, 2.24) is 14.5 Å². The number of nitrogens with two attached hydrogens (primary N) is 1. The normalized spacial score (nSPS) is 12.8. The van der Waals surface area contributed by atoms with Crippen molar-refractivity contribution in [2.75, 3.05) is 25.0 Å². The molecule has 6 heteroatoms. The van der Waals surface area contributed by atoms with Crippen LogP contribution in [0.25, 0.3) is 11.0 Å². The summed E-state index contributed by atoms with van der Waals surface area (Å²) in [7, 11) is 0. The van der Waals surface area contributed by atoms with Crippen molar-refractivity contribution in [3.63, 3.8) is 0 Å². The summed E-state index contributed by atoms with van der Waals surface area (Å²) >= 11 is 0. The highest BCUT2D eigenvalue weighted by molar-refractivity contribution is 5.94. The first kappa shape index (κ1) is 16.5. The molecule has 0 radical (unpaired) electrons. The van der Waals surface area contributed by atoms with E-state index in [0.29, 0.717) is 5.95 Å². The smallest absolute Gasteiger partial charge is 0.243 e. The summed E-state index contributed by atoms with van der Waals surface area (Å²) in [5.41, 5.74) is 7.54. The Morgan fingerprint density at radius 2 is 2.05 bits per heavy atom. The highest BCUT2D eigenvalue weighted by atomic mass is 16.2. The van der Waals surface area contributed by atoms with E-state index in [1.165, 1.54) is 0 Å². The number of imidazole rings is 1. The van der Waals surface area contributed by atoms with Gasteiger partial charge in [0, 0.05) is 13.1 Å². The van der Waals surface area contributed by atoms with Crippen molar-refractivity contribution in [2.24, 2.45) is 5.73 Å². The Hall–Kier alpha value is -1.92. The topological polar surface area (TPSA) is 76.2 Å². The molecule has 0 unspecified atom stereocenters. The maximum absolute atomic E-state index is 11.9. The van der Waals surface area contributed by atoms with Crippen molar-refractivity contribution in [3.8, 4) is 0 Å². The number of benzene rings is 1. The quantitative estimate of drug-likeness (QED) is 0.815. The number of hydrogen-bond donors (Lipinski definition) is 2. The molecule has 0 saturated heterocycles. The fourth-order valence-electron chi connectivity index (χ4n) is 2.40. The fourth-order valence-corrected chi connectivity index (χ4v) is 2.40. The minimum atomic E-state index is -0.559. The van der Waals surface area contributed by atoms with E-state index in [0.717, 1.165) is 37.2 Å². The average molecular weight is 303 g/mol. The Labute approximate surface area is 131 Å². The Bertz CT molecular complexity index is 630. The van der Waals surface area contributed by atoms with Gasteiger partial charge in [-0.25, -0.2) is 4.98 Å². The summed E-state index contributed by atoms with van der Waals surface area (Å²) < 4.78 is 2.05. The lowest BCUT2D eigenvalue weighted by molar-refractivity contribution is -0.117. The number of rotatable bonds is 7. The molecule has 2 rings (SSSR count). The van der Waals surface area contributed by atoms with E-state index in [4.69, 9.17) is 5.73 Å². The molecule has 1 heterocycles. The van der Waals surface area contributed by atoms with Crippen LogP contribution in [-0.2, 0) is 11.3 Å². The standard InChI is InChI=1S/C16H25N5O/c1-4-20(5-2)10-11-21-14-9-7-6-8-13(14)18-16(21)19-15(22)12(3)17/h6-9,12H,4-5,10-11,17H2,1-3H3,(H,18,19,22)/t12-/m0/s1. The molecule has 1 aromatic heterocycles.